The van der Waals surface area contributed by atoms with Crippen molar-refractivity contribution in [2.24, 2.45) is 0 Å². The number of rotatable bonds is 4. The minimum Gasteiger partial charge on any atom is -0.396 e. The molecule has 0 amide bonds. The van der Waals surface area contributed by atoms with Gasteiger partial charge in [-0.1, -0.05) is 30.3 Å². The Kier molecular flexibility index (Phi) is 4.34. The number of hydrogen-bond acceptors (Lipinski definition) is 1. The van der Waals surface area contributed by atoms with Crippen molar-refractivity contribution in [3.8, 4) is 0 Å². The molecule has 0 atom stereocenters. The van der Waals surface area contributed by atoms with Crippen LogP contribution in [0.25, 0.3) is 0 Å². The van der Waals surface area contributed by atoms with Gasteiger partial charge in [0.15, 0.2) is 0 Å². The van der Waals surface area contributed by atoms with Crippen molar-refractivity contribution in [2.45, 2.75) is 12.8 Å². The van der Waals surface area contributed by atoms with Crippen molar-refractivity contribution in [3.63, 3.8) is 0 Å². The van der Waals surface area contributed by atoms with Gasteiger partial charge in [0.25, 0.3) is 0 Å². The predicted molar refractivity (Wildman–Crippen MR) is 55.8 cm³/mol. The van der Waals surface area contributed by atoms with E-state index in [4.69, 9.17) is 13.0 Å². The van der Waals surface area contributed by atoms with E-state index < -0.39 is 0 Å². The number of aliphatic hydroxyl groups excluding tert-OH is 1. The fraction of sp³-hybridized carbons (Fsp3) is 0.273. The summed E-state index contributed by atoms with van der Waals surface area (Å²) in [6, 6.07) is 8.09. The second kappa shape index (κ2) is 5.60. The van der Waals surface area contributed by atoms with E-state index in [-0.39, 0.29) is 6.61 Å². The molecule has 0 spiro atoms. The monoisotopic (exact) mass is 172 g/mol. The number of benzene rings is 1. The highest BCUT2D eigenvalue weighted by molar-refractivity contribution is 6.16. The summed E-state index contributed by atoms with van der Waals surface area (Å²) in [4.78, 5) is 0. The predicted octanol–water partition coefficient (Wildman–Crippen LogP) is 1.45. The van der Waals surface area contributed by atoms with E-state index in [0.29, 0.717) is 6.42 Å². The van der Waals surface area contributed by atoms with Crippen LogP contribution in [-0.4, -0.2) is 19.6 Å². The summed E-state index contributed by atoms with van der Waals surface area (Å²) < 4.78 is 0. The molecule has 1 aromatic rings. The van der Waals surface area contributed by atoms with Gasteiger partial charge in [0.2, 0.25) is 0 Å². The van der Waals surface area contributed by atoms with E-state index in [0.717, 1.165) is 6.42 Å². The van der Waals surface area contributed by atoms with Gasteiger partial charge in [0, 0.05) is 6.61 Å². The fourth-order valence-electron chi connectivity index (χ4n) is 1.32. The lowest BCUT2D eigenvalue weighted by atomic mass is 10.0. The third-order valence-electron chi connectivity index (χ3n) is 1.97. The summed E-state index contributed by atoms with van der Waals surface area (Å²) in [5.74, 6) is 1.55. The molecule has 0 aliphatic carbocycles. The van der Waals surface area contributed by atoms with Crippen LogP contribution in [-0.2, 0) is 12.8 Å². The molecule has 0 aliphatic rings. The first-order valence-corrected chi connectivity index (χ1v) is 4.43. The second-order valence-corrected chi connectivity index (χ2v) is 2.87. The van der Waals surface area contributed by atoms with Crippen molar-refractivity contribution in [1.29, 1.82) is 0 Å². The molecular formula is C11H13BO. The van der Waals surface area contributed by atoms with Crippen molar-refractivity contribution in [1.82, 2.24) is 0 Å². The molecule has 0 unspecified atom stereocenters. The van der Waals surface area contributed by atoms with Crippen LogP contribution in [0, 0.1) is 0 Å². The summed E-state index contributed by atoms with van der Waals surface area (Å²) in [5, 5.41) is 8.83. The Hall–Kier alpha value is -1.02. The molecule has 0 fully saturated rings. The molecule has 2 heteroatoms. The van der Waals surface area contributed by atoms with Gasteiger partial charge < -0.3 is 5.11 Å². The maximum absolute atomic E-state index is 8.83. The highest BCUT2D eigenvalue weighted by Crippen LogP contribution is 2.10. The molecule has 13 heavy (non-hydrogen) atoms. The third-order valence-corrected chi connectivity index (χ3v) is 1.97. The molecule has 2 radical (unpaired) electrons. The topological polar surface area (TPSA) is 20.2 Å². The van der Waals surface area contributed by atoms with Gasteiger partial charge in [-0.15, -0.1) is 5.98 Å². The Balaban J connectivity index is 2.77. The number of aliphatic hydroxyl groups is 1. The lowest BCUT2D eigenvalue weighted by molar-refractivity contribution is 0.299. The molecule has 1 N–H and O–H groups in total. The van der Waals surface area contributed by atoms with Gasteiger partial charge >= 0.3 is 0 Å². The smallest absolute Gasteiger partial charge is 0.102 e. The highest BCUT2D eigenvalue weighted by atomic mass is 16.2. The molecule has 0 aliphatic heterocycles. The van der Waals surface area contributed by atoms with E-state index in [1.165, 1.54) is 11.1 Å². The first-order chi connectivity index (χ1) is 6.38. The number of allylic oxidation sites excluding steroid dienone is 1. The third kappa shape index (κ3) is 3.07. The summed E-state index contributed by atoms with van der Waals surface area (Å²) >= 11 is 0. The Morgan fingerprint density at radius 1 is 1.23 bits per heavy atom. The quantitative estimate of drug-likeness (QED) is 0.681. The summed E-state index contributed by atoms with van der Waals surface area (Å²) in [6.45, 7) is 0.198. The normalized spacial score (nSPS) is 10.8. The van der Waals surface area contributed by atoms with Crippen LogP contribution >= 0.6 is 0 Å². The molecule has 1 rings (SSSR count). The zero-order valence-electron chi connectivity index (χ0n) is 7.61. The fourth-order valence-corrected chi connectivity index (χ4v) is 1.32. The van der Waals surface area contributed by atoms with Crippen LogP contribution < -0.4 is 0 Å². The van der Waals surface area contributed by atoms with Crippen LogP contribution in [0.1, 0.15) is 11.1 Å². The van der Waals surface area contributed by atoms with E-state index in [1.54, 1.807) is 5.98 Å². The van der Waals surface area contributed by atoms with Crippen molar-refractivity contribution in [3.05, 3.63) is 47.4 Å². The Bertz CT molecular complexity index is 281. The van der Waals surface area contributed by atoms with E-state index in [9.17, 15) is 0 Å². The summed E-state index contributed by atoms with van der Waals surface area (Å²) in [7, 11) is 5.27. The highest BCUT2D eigenvalue weighted by Gasteiger charge is 1.97. The second-order valence-electron chi connectivity index (χ2n) is 2.87. The van der Waals surface area contributed by atoms with E-state index in [2.05, 4.69) is 6.07 Å². The van der Waals surface area contributed by atoms with Crippen LogP contribution in [0.3, 0.4) is 0 Å². The molecular weight excluding hydrogens is 159 g/mol. The minimum atomic E-state index is 0.198. The maximum atomic E-state index is 8.83. The van der Waals surface area contributed by atoms with Gasteiger partial charge in [0.1, 0.15) is 7.85 Å². The average molecular weight is 172 g/mol. The molecule has 0 heterocycles. The maximum Gasteiger partial charge on any atom is 0.102 e. The molecule has 1 nitrogen and oxygen atoms in total. The lowest BCUT2D eigenvalue weighted by Crippen LogP contribution is -1.96. The molecule has 0 aromatic heterocycles. The first kappa shape index (κ1) is 10.1. The van der Waals surface area contributed by atoms with E-state index >= 15 is 0 Å². The SMILES string of the molecule is [B]/C=C/Cc1ccccc1CCO. The van der Waals surface area contributed by atoms with Crippen molar-refractivity contribution < 1.29 is 5.11 Å². The van der Waals surface area contributed by atoms with Gasteiger partial charge in [-0.05, 0) is 24.0 Å². The molecule has 66 valence electrons. The first-order valence-electron chi connectivity index (χ1n) is 4.43. The zero-order valence-corrected chi connectivity index (χ0v) is 7.61. The van der Waals surface area contributed by atoms with Gasteiger partial charge in [-0.2, -0.15) is 0 Å². The Morgan fingerprint density at radius 3 is 2.54 bits per heavy atom. The largest absolute Gasteiger partial charge is 0.396 e. The average Bonchev–Trinajstić information content (AvgIpc) is 2.17. The molecule has 1 aromatic carbocycles. The minimum absolute atomic E-state index is 0.198. The molecule has 0 saturated carbocycles. The van der Waals surface area contributed by atoms with Crippen molar-refractivity contribution in [2.75, 3.05) is 6.61 Å². The van der Waals surface area contributed by atoms with Crippen LogP contribution in [0.4, 0.5) is 0 Å². The lowest BCUT2D eigenvalue weighted by Gasteiger charge is -2.05. The standard InChI is InChI=1S/C11H13BO/c12-8-3-6-10-4-1-2-5-11(10)7-9-13/h1-5,8,13H,6-7,9H2/b8-3+. The summed E-state index contributed by atoms with van der Waals surface area (Å²) in [5.41, 5.74) is 2.43. The molecule has 0 bridgehead atoms. The number of hydrogen-bond donors (Lipinski definition) is 1. The Morgan fingerprint density at radius 2 is 1.92 bits per heavy atom. The van der Waals surface area contributed by atoms with E-state index in [1.807, 2.05) is 24.3 Å². The van der Waals surface area contributed by atoms with Crippen LogP contribution in [0.2, 0.25) is 0 Å². The summed E-state index contributed by atoms with van der Waals surface area (Å²) in [6.07, 6.45) is 3.47. The van der Waals surface area contributed by atoms with Gasteiger partial charge in [0.05, 0.1) is 0 Å². The molecule has 0 saturated heterocycles. The van der Waals surface area contributed by atoms with Gasteiger partial charge in [-0.25, -0.2) is 0 Å². The zero-order chi connectivity index (χ0) is 9.52. The van der Waals surface area contributed by atoms with Crippen LogP contribution in [0.15, 0.2) is 36.3 Å². The van der Waals surface area contributed by atoms with Crippen LogP contribution in [0.5, 0.6) is 0 Å². The van der Waals surface area contributed by atoms with Gasteiger partial charge in [-0.3, -0.25) is 0 Å². The Labute approximate surface area is 80.5 Å². The van der Waals surface area contributed by atoms with Crippen molar-refractivity contribution >= 4 is 7.85 Å².